The third kappa shape index (κ3) is 1.71. The maximum atomic E-state index is 9.22. The van der Waals surface area contributed by atoms with E-state index >= 15 is 0 Å². The molecule has 2 nitrogen and oxygen atoms in total. The zero-order chi connectivity index (χ0) is 12.5. The van der Waals surface area contributed by atoms with E-state index in [-0.39, 0.29) is 6.61 Å². The van der Waals surface area contributed by atoms with Crippen LogP contribution in [0.3, 0.4) is 0 Å². The third-order valence-electron chi connectivity index (χ3n) is 3.35. The zero-order valence-electron chi connectivity index (χ0n) is 10.3. The molecule has 0 atom stereocenters. The lowest BCUT2D eigenvalue weighted by molar-refractivity contribution is 0.282. The van der Waals surface area contributed by atoms with E-state index < -0.39 is 0 Å². The lowest BCUT2D eigenvalue weighted by Gasteiger charge is -2.06. The first-order valence-corrected chi connectivity index (χ1v) is 6.04. The molecule has 0 unspecified atom stereocenters. The number of aliphatic hydroxyl groups excluding tert-OH is 1. The summed E-state index contributed by atoms with van der Waals surface area (Å²) in [6, 6.07) is 16.5. The van der Waals surface area contributed by atoms with Crippen LogP contribution in [0.5, 0.6) is 0 Å². The number of nitrogens with zero attached hydrogens (tertiary/aromatic N) is 1. The average molecular weight is 237 g/mol. The molecule has 1 heterocycles. The second kappa shape index (κ2) is 4.31. The van der Waals surface area contributed by atoms with Crippen molar-refractivity contribution in [2.75, 3.05) is 0 Å². The second-order valence-electron chi connectivity index (χ2n) is 4.52. The zero-order valence-corrected chi connectivity index (χ0v) is 10.3. The lowest BCUT2D eigenvalue weighted by Crippen LogP contribution is -1.86. The predicted octanol–water partition coefficient (Wildman–Crippen LogP) is 3.34. The Bertz CT molecular complexity index is 697. The Labute approximate surface area is 106 Å². The molecule has 0 saturated carbocycles. The molecular formula is C16H15NO. The summed E-state index contributed by atoms with van der Waals surface area (Å²) in [4.78, 5) is 0. The van der Waals surface area contributed by atoms with Crippen LogP contribution in [-0.2, 0) is 13.7 Å². The molecule has 2 aromatic carbocycles. The van der Waals surface area contributed by atoms with E-state index in [0.29, 0.717) is 0 Å². The molecule has 0 amide bonds. The van der Waals surface area contributed by atoms with Crippen molar-refractivity contribution < 1.29 is 5.11 Å². The molecule has 18 heavy (non-hydrogen) atoms. The van der Waals surface area contributed by atoms with Crippen molar-refractivity contribution in [3.63, 3.8) is 0 Å². The van der Waals surface area contributed by atoms with Gasteiger partial charge in [-0.1, -0.05) is 30.3 Å². The molecule has 0 aliphatic carbocycles. The molecular weight excluding hydrogens is 222 g/mol. The van der Waals surface area contributed by atoms with Gasteiger partial charge < -0.3 is 9.67 Å². The molecule has 90 valence electrons. The summed E-state index contributed by atoms with van der Waals surface area (Å²) in [5.41, 5.74) is 4.53. The molecule has 0 bridgehead atoms. The minimum absolute atomic E-state index is 0.0820. The van der Waals surface area contributed by atoms with Crippen molar-refractivity contribution in [1.29, 1.82) is 0 Å². The number of rotatable bonds is 2. The van der Waals surface area contributed by atoms with Gasteiger partial charge in [0, 0.05) is 24.1 Å². The van der Waals surface area contributed by atoms with Crippen molar-refractivity contribution in [2.45, 2.75) is 6.61 Å². The molecule has 0 radical (unpaired) electrons. The van der Waals surface area contributed by atoms with E-state index in [0.717, 1.165) is 11.1 Å². The topological polar surface area (TPSA) is 25.2 Å². The Balaban J connectivity index is 2.24. The summed E-state index contributed by atoms with van der Waals surface area (Å²) in [7, 11) is 2.05. The van der Waals surface area contributed by atoms with Gasteiger partial charge in [-0.15, -0.1) is 0 Å². The Kier molecular flexibility index (Phi) is 2.65. The Morgan fingerprint density at radius 2 is 1.89 bits per heavy atom. The largest absolute Gasteiger partial charge is 0.392 e. The Morgan fingerprint density at radius 1 is 1.06 bits per heavy atom. The van der Waals surface area contributed by atoms with Gasteiger partial charge in [-0.05, 0) is 34.9 Å². The van der Waals surface area contributed by atoms with Gasteiger partial charge in [0.05, 0.1) is 6.61 Å². The SMILES string of the molecule is Cn1ccc2c(-c3cccc(CO)c3)cccc21. The van der Waals surface area contributed by atoms with Crippen molar-refractivity contribution in [1.82, 2.24) is 4.57 Å². The van der Waals surface area contributed by atoms with Gasteiger partial charge in [0.15, 0.2) is 0 Å². The Hall–Kier alpha value is -2.06. The van der Waals surface area contributed by atoms with E-state index in [1.807, 2.05) is 18.2 Å². The number of benzene rings is 2. The third-order valence-corrected chi connectivity index (χ3v) is 3.35. The van der Waals surface area contributed by atoms with Crippen LogP contribution in [0, 0.1) is 0 Å². The first-order valence-electron chi connectivity index (χ1n) is 6.04. The minimum Gasteiger partial charge on any atom is -0.392 e. The number of aromatic nitrogens is 1. The molecule has 0 saturated heterocycles. The molecule has 3 rings (SSSR count). The van der Waals surface area contributed by atoms with Gasteiger partial charge in [0.1, 0.15) is 0 Å². The highest BCUT2D eigenvalue weighted by atomic mass is 16.3. The molecule has 2 heteroatoms. The smallest absolute Gasteiger partial charge is 0.0682 e. The van der Waals surface area contributed by atoms with E-state index in [2.05, 4.69) is 48.1 Å². The number of fused-ring (bicyclic) bond motifs is 1. The van der Waals surface area contributed by atoms with Crippen LogP contribution in [-0.4, -0.2) is 9.67 Å². The number of aliphatic hydroxyl groups is 1. The van der Waals surface area contributed by atoms with Gasteiger partial charge in [-0.2, -0.15) is 0 Å². The lowest BCUT2D eigenvalue weighted by atomic mass is 10.00. The van der Waals surface area contributed by atoms with Crippen molar-refractivity contribution >= 4 is 10.9 Å². The van der Waals surface area contributed by atoms with Crippen LogP contribution < -0.4 is 0 Å². The van der Waals surface area contributed by atoms with Crippen LogP contribution >= 0.6 is 0 Å². The maximum absolute atomic E-state index is 9.22. The predicted molar refractivity (Wildman–Crippen MR) is 74.3 cm³/mol. The quantitative estimate of drug-likeness (QED) is 0.726. The summed E-state index contributed by atoms with van der Waals surface area (Å²) in [6.07, 6.45) is 2.07. The number of hydrogen-bond acceptors (Lipinski definition) is 1. The van der Waals surface area contributed by atoms with Crippen LogP contribution in [0.15, 0.2) is 54.7 Å². The van der Waals surface area contributed by atoms with Gasteiger partial charge in [0.25, 0.3) is 0 Å². The van der Waals surface area contributed by atoms with Crippen LogP contribution in [0.2, 0.25) is 0 Å². The standard InChI is InChI=1S/C16H15NO/c1-17-9-8-15-14(6-3-7-16(15)17)13-5-2-4-12(10-13)11-18/h2-10,18H,11H2,1H3. The minimum atomic E-state index is 0.0820. The maximum Gasteiger partial charge on any atom is 0.0682 e. The number of hydrogen-bond donors (Lipinski definition) is 1. The molecule has 3 aromatic rings. The van der Waals surface area contributed by atoms with Gasteiger partial charge in [-0.3, -0.25) is 0 Å². The monoisotopic (exact) mass is 237 g/mol. The van der Waals surface area contributed by atoms with Crippen LogP contribution in [0.1, 0.15) is 5.56 Å². The molecule has 0 aliphatic rings. The van der Waals surface area contributed by atoms with Gasteiger partial charge in [0.2, 0.25) is 0 Å². The fourth-order valence-corrected chi connectivity index (χ4v) is 2.39. The van der Waals surface area contributed by atoms with E-state index in [1.54, 1.807) is 0 Å². The van der Waals surface area contributed by atoms with Crippen molar-refractivity contribution in [3.05, 3.63) is 60.3 Å². The fraction of sp³-hybridized carbons (Fsp3) is 0.125. The van der Waals surface area contributed by atoms with Gasteiger partial charge in [-0.25, -0.2) is 0 Å². The second-order valence-corrected chi connectivity index (χ2v) is 4.52. The number of aryl methyl sites for hydroxylation is 1. The van der Waals surface area contributed by atoms with E-state index in [1.165, 1.54) is 16.5 Å². The molecule has 0 spiro atoms. The highest BCUT2D eigenvalue weighted by Gasteiger charge is 2.06. The fourth-order valence-electron chi connectivity index (χ4n) is 2.39. The molecule has 1 N–H and O–H groups in total. The highest BCUT2D eigenvalue weighted by Crippen LogP contribution is 2.29. The summed E-state index contributed by atoms with van der Waals surface area (Å²) >= 11 is 0. The molecule has 0 fully saturated rings. The first-order chi connectivity index (χ1) is 8.79. The normalized spacial score (nSPS) is 11.0. The average Bonchev–Trinajstić information content (AvgIpc) is 2.81. The van der Waals surface area contributed by atoms with E-state index in [9.17, 15) is 5.11 Å². The first kappa shape index (κ1) is 11.1. The summed E-state index contributed by atoms with van der Waals surface area (Å²) in [5, 5.41) is 10.5. The summed E-state index contributed by atoms with van der Waals surface area (Å²) in [6.45, 7) is 0.0820. The van der Waals surface area contributed by atoms with Crippen LogP contribution in [0.25, 0.3) is 22.0 Å². The molecule has 1 aromatic heterocycles. The van der Waals surface area contributed by atoms with Crippen molar-refractivity contribution in [2.24, 2.45) is 7.05 Å². The highest BCUT2D eigenvalue weighted by molar-refractivity contribution is 5.95. The summed E-state index contributed by atoms with van der Waals surface area (Å²) in [5.74, 6) is 0. The Morgan fingerprint density at radius 3 is 2.72 bits per heavy atom. The van der Waals surface area contributed by atoms with Gasteiger partial charge >= 0.3 is 0 Å². The van der Waals surface area contributed by atoms with Crippen molar-refractivity contribution in [3.8, 4) is 11.1 Å². The summed E-state index contributed by atoms with van der Waals surface area (Å²) < 4.78 is 2.12. The van der Waals surface area contributed by atoms with Crippen LogP contribution in [0.4, 0.5) is 0 Å². The van der Waals surface area contributed by atoms with E-state index in [4.69, 9.17) is 0 Å². The molecule has 0 aliphatic heterocycles.